The van der Waals surface area contributed by atoms with Crippen molar-refractivity contribution in [1.82, 2.24) is 5.32 Å². The molecule has 1 N–H and O–H groups in total. The number of benzene rings is 2. The average molecular weight is 370 g/mol. The zero-order valence-corrected chi connectivity index (χ0v) is 15.5. The molecule has 7 heteroatoms. The number of ether oxygens (including phenoxy) is 1. The Kier molecular flexibility index (Phi) is 6.65. The summed E-state index contributed by atoms with van der Waals surface area (Å²) in [7, 11) is 0. The first-order valence-electron chi connectivity index (χ1n) is 8.59. The summed E-state index contributed by atoms with van der Waals surface area (Å²) < 4.78 is 5.15. The Morgan fingerprint density at radius 2 is 1.74 bits per heavy atom. The zero-order chi connectivity index (χ0) is 20.0. The number of nitro groups is 1. The van der Waals surface area contributed by atoms with Crippen molar-refractivity contribution in [2.45, 2.75) is 39.3 Å². The van der Waals surface area contributed by atoms with Crippen molar-refractivity contribution in [2.24, 2.45) is 0 Å². The van der Waals surface area contributed by atoms with Crippen LogP contribution in [-0.2, 0) is 9.53 Å². The average Bonchev–Trinajstić information content (AvgIpc) is 2.60. The van der Waals surface area contributed by atoms with E-state index in [0.29, 0.717) is 5.56 Å². The molecule has 7 nitrogen and oxygen atoms in total. The van der Waals surface area contributed by atoms with Gasteiger partial charge in [-0.1, -0.05) is 36.4 Å². The molecule has 2 rings (SSSR count). The number of hydrogen-bond acceptors (Lipinski definition) is 5. The number of carbonyl (C=O) groups is 2. The van der Waals surface area contributed by atoms with Crippen LogP contribution in [0.1, 0.15) is 47.8 Å². The standard InChI is InChI=1S/C20H22N2O5/c1-13(2)27-19(23)12-17(16-10-6-7-11-18(16)22(25)26)21-20(24)15-9-5-4-8-14(15)3/h4-11,13,17H,12H2,1-3H3,(H,21,24). The molecule has 0 saturated heterocycles. The van der Waals surface area contributed by atoms with E-state index in [-0.39, 0.29) is 23.8 Å². The van der Waals surface area contributed by atoms with E-state index in [0.717, 1.165) is 5.56 Å². The van der Waals surface area contributed by atoms with Crippen molar-refractivity contribution in [3.63, 3.8) is 0 Å². The van der Waals surface area contributed by atoms with Crippen LogP contribution in [0, 0.1) is 17.0 Å². The molecule has 0 bridgehead atoms. The fourth-order valence-electron chi connectivity index (χ4n) is 2.73. The predicted octanol–water partition coefficient (Wildman–Crippen LogP) is 3.72. The lowest BCUT2D eigenvalue weighted by Gasteiger charge is -2.20. The van der Waals surface area contributed by atoms with E-state index in [1.165, 1.54) is 18.2 Å². The van der Waals surface area contributed by atoms with Crippen LogP contribution >= 0.6 is 0 Å². The fourth-order valence-corrected chi connectivity index (χ4v) is 2.73. The topological polar surface area (TPSA) is 98.5 Å². The van der Waals surface area contributed by atoms with Crippen molar-refractivity contribution < 1.29 is 19.2 Å². The van der Waals surface area contributed by atoms with E-state index >= 15 is 0 Å². The second kappa shape index (κ2) is 8.93. The van der Waals surface area contributed by atoms with Crippen LogP contribution in [0.5, 0.6) is 0 Å². The van der Waals surface area contributed by atoms with Crippen molar-refractivity contribution in [1.29, 1.82) is 0 Å². The number of rotatable bonds is 7. The van der Waals surface area contributed by atoms with Crippen LogP contribution < -0.4 is 5.32 Å². The number of aryl methyl sites for hydroxylation is 1. The Morgan fingerprint density at radius 3 is 2.37 bits per heavy atom. The molecule has 0 aliphatic heterocycles. The molecule has 142 valence electrons. The third kappa shape index (κ3) is 5.37. The van der Waals surface area contributed by atoms with Gasteiger partial charge in [-0.25, -0.2) is 0 Å². The van der Waals surface area contributed by atoms with Gasteiger partial charge in [0.05, 0.1) is 29.1 Å². The van der Waals surface area contributed by atoms with E-state index in [2.05, 4.69) is 5.32 Å². The normalized spacial score (nSPS) is 11.7. The van der Waals surface area contributed by atoms with E-state index < -0.39 is 22.8 Å². The summed E-state index contributed by atoms with van der Waals surface area (Å²) >= 11 is 0. The molecular formula is C20H22N2O5. The molecule has 1 amide bonds. The first-order valence-corrected chi connectivity index (χ1v) is 8.59. The van der Waals surface area contributed by atoms with E-state index in [4.69, 9.17) is 4.74 Å². The molecule has 1 atom stereocenters. The van der Waals surface area contributed by atoms with Gasteiger partial charge in [0.25, 0.3) is 11.6 Å². The second-order valence-electron chi connectivity index (χ2n) is 6.40. The summed E-state index contributed by atoms with van der Waals surface area (Å²) in [4.78, 5) is 35.7. The van der Waals surface area contributed by atoms with Gasteiger partial charge < -0.3 is 10.1 Å². The highest BCUT2D eigenvalue weighted by molar-refractivity contribution is 5.96. The van der Waals surface area contributed by atoms with Gasteiger partial charge in [0, 0.05) is 11.6 Å². The van der Waals surface area contributed by atoms with E-state index in [9.17, 15) is 19.7 Å². The Balaban J connectivity index is 2.36. The van der Waals surface area contributed by atoms with Crippen LogP contribution in [0.25, 0.3) is 0 Å². The van der Waals surface area contributed by atoms with Gasteiger partial charge in [-0.3, -0.25) is 19.7 Å². The molecule has 1 unspecified atom stereocenters. The molecule has 0 radical (unpaired) electrons. The van der Waals surface area contributed by atoms with Crippen molar-refractivity contribution in [3.05, 3.63) is 75.3 Å². The third-order valence-electron chi connectivity index (χ3n) is 3.94. The van der Waals surface area contributed by atoms with Crippen molar-refractivity contribution in [2.75, 3.05) is 0 Å². The molecule has 2 aromatic rings. The van der Waals surface area contributed by atoms with Gasteiger partial charge in [0.15, 0.2) is 0 Å². The molecule has 0 aromatic heterocycles. The van der Waals surface area contributed by atoms with Gasteiger partial charge in [0.2, 0.25) is 0 Å². The third-order valence-corrected chi connectivity index (χ3v) is 3.94. The minimum Gasteiger partial charge on any atom is -0.463 e. The van der Waals surface area contributed by atoms with Crippen molar-refractivity contribution >= 4 is 17.6 Å². The lowest BCUT2D eigenvalue weighted by molar-refractivity contribution is -0.385. The maximum atomic E-state index is 12.7. The van der Waals surface area contributed by atoms with Gasteiger partial charge >= 0.3 is 5.97 Å². The number of carbonyl (C=O) groups excluding carboxylic acids is 2. The largest absolute Gasteiger partial charge is 0.463 e. The molecular weight excluding hydrogens is 348 g/mol. The van der Waals surface area contributed by atoms with Gasteiger partial charge in [0.1, 0.15) is 0 Å². The summed E-state index contributed by atoms with van der Waals surface area (Å²) in [5.74, 6) is -0.952. The molecule has 2 aromatic carbocycles. The summed E-state index contributed by atoms with van der Waals surface area (Å²) in [6, 6.07) is 12.2. The van der Waals surface area contributed by atoms with E-state index in [1.807, 2.05) is 6.07 Å². The predicted molar refractivity (Wildman–Crippen MR) is 100 cm³/mol. The van der Waals surface area contributed by atoms with Crippen LogP contribution in [0.3, 0.4) is 0 Å². The minimum atomic E-state index is -0.884. The minimum absolute atomic E-state index is 0.162. The molecule has 0 heterocycles. The Bertz CT molecular complexity index is 848. The number of amides is 1. The van der Waals surface area contributed by atoms with Gasteiger partial charge in [-0.2, -0.15) is 0 Å². The van der Waals surface area contributed by atoms with Crippen molar-refractivity contribution in [3.8, 4) is 0 Å². The zero-order valence-electron chi connectivity index (χ0n) is 15.5. The number of nitrogens with zero attached hydrogens (tertiary/aromatic N) is 1. The molecule has 27 heavy (non-hydrogen) atoms. The van der Waals surface area contributed by atoms with Crippen LogP contribution in [0.15, 0.2) is 48.5 Å². The van der Waals surface area contributed by atoms with Gasteiger partial charge in [-0.15, -0.1) is 0 Å². The highest BCUT2D eigenvalue weighted by Gasteiger charge is 2.27. The van der Waals surface area contributed by atoms with Crippen LogP contribution in [-0.4, -0.2) is 22.9 Å². The smallest absolute Gasteiger partial charge is 0.308 e. The highest BCUT2D eigenvalue weighted by atomic mass is 16.6. The number of para-hydroxylation sites is 1. The summed E-state index contributed by atoms with van der Waals surface area (Å²) in [6.45, 7) is 5.22. The Morgan fingerprint density at radius 1 is 1.11 bits per heavy atom. The quantitative estimate of drug-likeness (QED) is 0.455. The number of esters is 1. The summed E-state index contributed by atoms with van der Waals surface area (Å²) in [6.07, 6.45) is -0.531. The lowest BCUT2D eigenvalue weighted by atomic mass is 10.0. The number of hydrogen-bond donors (Lipinski definition) is 1. The first kappa shape index (κ1) is 20.1. The summed E-state index contributed by atoms with van der Waals surface area (Å²) in [5, 5.41) is 14.1. The maximum absolute atomic E-state index is 12.7. The van der Waals surface area contributed by atoms with Gasteiger partial charge in [-0.05, 0) is 32.4 Å². The number of nitrogens with one attached hydrogen (secondary N) is 1. The fraction of sp³-hybridized carbons (Fsp3) is 0.300. The Labute approximate surface area is 157 Å². The number of nitro benzene ring substituents is 1. The SMILES string of the molecule is Cc1ccccc1C(=O)NC(CC(=O)OC(C)C)c1ccccc1[N+](=O)[O-]. The second-order valence-corrected chi connectivity index (χ2v) is 6.40. The molecule has 0 saturated carbocycles. The summed E-state index contributed by atoms with van der Waals surface area (Å²) in [5.41, 5.74) is 1.30. The van der Waals surface area contributed by atoms with Crippen LogP contribution in [0.4, 0.5) is 5.69 Å². The first-order chi connectivity index (χ1) is 12.8. The van der Waals surface area contributed by atoms with E-state index in [1.54, 1.807) is 45.0 Å². The molecule has 0 fully saturated rings. The Hall–Kier alpha value is -3.22. The maximum Gasteiger partial charge on any atom is 0.308 e. The monoisotopic (exact) mass is 370 g/mol. The lowest BCUT2D eigenvalue weighted by Crippen LogP contribution is -2.32. The molecule has 0 aliphatic rings. The molecule has 0 spiro atoms. The van der Waals surface area contributed by atoms with Crippen LogP contribution in [0.2, 0.25) is 0 Å². The highest BCUT2D eigenvalue weighted by Crippen LogP contribution is 2.28. The molecule has 0 aliphatic carbocycles.